The van der Waals surface area contributed by atoms with E-state index in [4.69, 9.17) is 5.73 Å². The molecule has 1 saturated heterocycles. The molecule has 90 valence electrons. The number of hydrogen-bond acceptors (Lipinski definition) is 4. The second-order valence-corrected chi connectivity index (χ2v) is 4.81. The predicted octanol–water partition coefficient (Wildman–Crippen LogP) is 1.35. The molecule has 0 atom stereocenters. The number of nitrogens with two attached hydrogens (primary N) is 1. The van der Waals surface area contributed by atoms with Gasteiger partial charge in [-0.2, -0.15) is 0 Å². The zero-order valence-electron chi connectivity index (χ0n) is 9.98. The number of piperidine rings is 1. The first-order valence-corrected chi connectivity index (χ1v) is 6.02. The summed E-state index contributed by atoms with van der Waals surface area (Å²) >= 11 is 0. The van der Waals surface area contributed by atoms with Gasteiger partial charge in [0.25, 0.3) is 0 Å². The van der Waals surface area contributed by atoms with Crippen molar-refractivity contribution in [3.8, 4) is 0 Å². The first-order valence-electron chi connectivity index (χ1n) is 6.02. The number of nitrogens with one attached hydrogen (secondary N) is 1. The molecule has 0 aliphatic carbocycles. The number of nitrogen functional groups attached to an aromatic ring is 1. The van der Waals surface area contributed by atoms with Gasteiger partial charge < -0.3 is 15.6 Å². The van der Waals surface area contributed by atoms with Gasteiger partial charge in [-0.1, -0.05) is 0 Å². The fraction of sp³-hybridized carbons (Fsp3) is 0.500. The molecule has 1 aliphatic heterocycles. The molecule has 0 amide bonds. The lowest BCUT2D eigenvalue weighted by Crippen LogP contribution is -2.29. The van der Waals surface area contributed by atoms with Gasteiger partial charge in [-0.05, 0) is 44.5 Å². The highest BCUT2D eigenvalue weighted by Gasteiger charge is 2.21. The summed E-state index contributed by atoms with van der Waals surface area (Å²) in [6, 6.07) is 0. The molecule has 2 aromatic heterocycles. The fourth-order valence-corrected chi connectivity index (χ4v) is 2.58. The van der Waals surface area contributed by atoms with E-state index in [9.17, 15) is 0 Å². The van der Waals surface area contributed by atoms with Gasteiger partial charge >= 0.3 is 0 Å². The molecular weight excluding hydrogens is 214 g/mol. The number of anilines is 1. The van der Waals surface area contributed by atoms with Gasteiger partial charge in [0.1, 0.15) is 0 Å². The highest BCUT2D eigenvalue weighted by atomic mass is 15.1. The zero-order chi connectivity index (χ0) is 11.8. The fourth-order valence-electron chi connectivity index (χ4n) is 2.58. The SMILES string of the molecule is CN1CCC(c2c[nH]c3cnc(N)nc23)CC1. The Balaban J connectivity index is 1.97. The molecule has 0 unspecified atom stereocenters. The second-order valence-electron chi connectivity index (χ2n) is 4.81. The third-order valence-corrected chi connectivity index (χ3v) is 3.62. The van der Waals surface area contributed by atoms with E-state index in [2.05, 4.69) is 33.1 Å². The Labute approximate surface area is 100 Å². The third-order valence-electron chi connectivity index (χ3n) is 3.62. The van der Waals surface area contributed by atoms with Crippen molar-refractivity contribution in [3.05, 3.63) is 18.0 Å². The van der Waals surface area contributed by atoms with E-state index in [1.54, 1.807) is 6.20 Å². The van der Waals surface area contributed by atoms with Crippen LogP contribution in [0, 0.1) is 0 Å². The van der Waals surface area contributed by atoms with Gasteiger partial charge in [0, 0.05) is 6.20 Å². The van der Waals surface area contributed by atoms with Crippen LogP contribution in [-0.4, -0.2) is 40.0 Å². The average molecular weight is 231 g/mol. The van der Waals surface area contributed by atoms with Crippen LogP contribution in [-0.2, 0) is 0 Å². The Hall–Kier alpha value is -1.62. The zero-order valence-corrected chi connectivity index (χ0v) is 9.98. The highest BCUT2D eigenvalue weighted by molar-refractivity contribution is 5.79. The number of fused-ring (bicyclic) bond motifs is 1. The molecule has 0 bridgehead atoms. The summed E-state index contributed by atoms with van der Waals surface area (Å²) in [5.74, 6) is 0.945. The Kier molecular flexibility index (Phi) is 2.48. The monoisotopic (exact) mass is 231 g/mol. The predicted molar refractivity (Wildman–Crippen MR) is 67.8 cm³/mol. The van der Waals surface area contributed by atoms with E-state index in [1.165, 1.54) is 18.4 Å². The number of hydrogen-bond donors (Lipinski definition) is 2. The van der Waals surface area contributed by atoms with Crippen LogP contribution in [0.25, 0.3) is 11.0 Å². The van der Waals surface area contributed by atoms with Crippen LogP contribution in [0.3, 0.4) is 0 Å². The minimum absolute atomic E-state index is 0.353. The maximum absolute atomic E-state index is 5.66. The van der Waals surface area contributed by atoms with E-state index in [0.717, 1.165) is 24.1 Å². The van der Waals surface area contributed by atoms with Gasteiger partial charge in [-0.15, -0.1) is 0 Å². The van der Waals surface area contributed by atoms with Crippen LogP contribution in [0.1, 0.15) is 24.3 Å². The number of aromatic amines is 1. The van der Waals surface area contributed by atoms with Gasteiger partial charge in [-0.25, -0.2) is 9.97 Å². The summed E-state index contributed by atoms with van der Waals surface area (Å²) < 4.78 is 0. The third kappa shape index (κ3) is 1.86. The van der Waals surface area contributed by atoms with Gasteiger partial charge in [0.05, 0.1) is 17.2 Å². The van der Waals surface area contributed by atoms with E-state index < -0.39 is 0 Å². The molecule has 3 heterocycles. The summed E-state index contributed by atoms with van der Waals surface area (Å²) in [6.07, 6.45) is 6.20. The Morgan fingerprint density at radius 3 is 2.94 bits per heavy atom. The summed E-state index contributed by atoms with van der Waals surface area (Å²) in [4.78, 5) is 14.0. The summed E-state index contributed by atoms with van der Waals surface area (Å²) in [6.45, 7) is 2.30. The quantitative estimate of drug-likeness (QED) is 0.777. The normalized spacial score (nSPS) is 18.9. The van der Waals surface area contributed by atoms with Gasteiger partial charge in [0.2, 0.25) is 5.95 Å². The minimum Gasteiger partial charge on any atom is -0.368 e. The lowest BCUT2D eigenvalue weighted by molar-refractivity contribution is 0.256. The number of aromatic nitrogens is 3. The largest absolute Gasteiger partial charge is 0.368 e. The van der Waals surface area contributed by atoms with Crippen molar-refractivity contribution in [2.75, 3.05) is 25.9 Å². The van der Waals surface area contributed by atoms with Crippen molar-refractivity contribution in [3.63, 3.8) is 0 Å². The van der Waals surface area contributed by atoms with E-state index in [-0.39, 0.29) is 0 Å². The number of nitrogens with zero attached hydrogens (tertiary/aromatic N) is 3. The summed E-state index contributed by atoms with van der Waals surface area (Å²) in [5.41, 5.74) is 8.93. The average Bonchev–Trinajstić information content (AvgIpc) is 2.73. The summed E-state index contributed by atoms with van der Waals surface area (Å²) in [5, 5.41) is 0. The van der Waals surface area contributed by atoms with Crippen molar-refractivity contribution < 1.29 is 0 Å². The molecule has 2 aromatic rings. The molecule has 1 aliphatic rings. The standard InChI is InChI=1S/C12H17N5/c1-17-4-2-8(3-5-17)9-6-14-10-7-15-12(13)16-11(9)10/h6-8,14H,2-5H2,1H3,(H2,13,15,16). The van der Waals surface area contributed by atoms with Crippen LogP contribution < -0.4 is 5.73 Å². The number of H-pyrrole nitrogens is 1. The Morgan fingerprint density at radius 1 is 1.41 bits per heavy atom. The molecule has 0 radical (unpaired) electrons. The first-order chi connectivity index (χ1) is 8.24. The van der Waals surface area contributed by atoms with E-state index >= 15 is 0 Å². The minimum atomic E-state index is 0.353. The molecule has 5 nitrogen and oxygen atoms in total. The van der Waals surface area contributed by atoms with Crippen LogP contribution >= 0.6 is 0 Å². The summed E-state index contributed by atoms with van der Waals surface area (Å²) in [7, 11) is 2.17. The van der Waals surface area contributed by atoms with Crippen LogP contribution in [0.5, 0.6) is 0 Å². The van der Waals surface area contributed by atoms with Crippen molar-refractivity contribution in [2.24, 2.45) is 0 Å². The molecule has 3 rings (SSSR count). The molecule has 0 saturated carbocycles. The van der Waals surface area contributed by atoms with E-state index in [0.29, 0.717) is 11.9 Å². The van der Waals surface area contributed by atoms with Crippen LogP contribution in [0.15, 0.2) is 12.4 Å². The topological polar surface area (TPSA) is 70.8 Å². The second kappa shape index (κ2) is 4.00. The molecule has 1 fully saturated rings. The lowest BCUT2D eigenvalue weighted by Gasteiger charge is -2.28. The maximum Gasteiger partial charge on any atom is 0.220 e. The molecular formula is C12H17N5. The lowest BCUT2D eigenvalue weighted by atomic mass is 9.91. The van der Waals surface area contributed by atoms with Crippen LogP contribution in [0.4, 0.5) is 5.95 Å². The molecule has 5 heteroatoms. The molecule has 17 heavy (non-hydrogen) atoms. The van der Waals surface area contributed by atoms with Crippen molar-refractivity contribution in [1.29, 1.82) is 0 Å². The first kappa shape index (κ1) is 10.5. The van der Waals surface area contributed by atoms with Crippen molar-refractivity contribution in [1.82, 2.24) is 19.9 Å². The smallest absolute Gasteiger partial charge is 0.220 e. The number of likely N-dealkylation sites (tertiary alicyclic amines) is 1. The Morgan fingerprint density at radius 2 is 2.18 bits per heavy atom. The maximum atomic E-state index is 5.66. The van der Waals surface area contributed by atoms with Gasteiger partial charge in [0.15, 0.2) is 0 Å². The Bertz CT molecular complexity index is 525. The van der Waals surface area contributed by atoms with E-state index in [1.807, 2.05) is 0 Å². The highest BCUT2D eigenvalue weighted by Crippen LogP contribution is 2.31. The van der Waals surface area contributed by atoms with Gasteiger partial charge in [-0.3, -0.25) is 0 Å². The molecule has 0 aromatic carbocycles. The molecule has 0 spiro atoms. The van der Waals surface area contributed by atoms with Crippen LogP contribution in [0.2, 0.25) is 0 Å². The number of rotatable bonds is 1. The molecule has 3 N–H and O–H groups in total. The van der Waals surface area contributed by atoms with Crippen molar-refractivity contribution >= 4 is 17.0 Å². The van der Waals surface area contributed by atoms with Crippen molar-refractivity contribution in [2.45, 2.75) is 18.8 Å².